The minimum atomic E-state index is -0.225. The molecule has 1 aromatic carbocycles. The van der Waals surface area contributed by atoms with Gasteiger partial charge in [0.15, 0.2) is 0 Å². The monoisotopic (exact) mass is 221 g/mol. The first-order valence-corrected chi connectivity index (χ1v) is 5.11. The topological polar surface area (TPSA) is 39.2 Å². The van der Waals surface area contributed by atoms with Gasteiger partial charge in [-0.1, -0.05) is 23.7 Å². The third-order valence-corrected chi connectivity index (χ3v) is 2.67. The van der Waals surface area contributed by atoms with Gasteiger partial charge in [-0.15, -0.1) is 0 Å². The SMILES string of the molecule is Cc1ccoc1C(N)c1ccc(Cl)cc1. The van der Waals surface area contributed by atoms with Crippen LogP contribution in [0.3, 0.4) is 0 Å². The Balaban J connectivity index is 2.32. The van der Waals surface area contributed by atoms with E-state index >= 15 is 0 Å². The molecule has 1 unspecified atom stereocenters. The van der Waals surface area contributed by atoms with Gasteiger partial charge in [0.05, 0.1) is 12.3 Å². The van der Waals surface area contributed by atoms with Crippen LogP contribution in [0.25, 0.3) is 0 Å². The number of benzene rings is 1. The Bertz CT molecular complexity index is 447. The van der Waals surface area contributed by atoms with E-state index in [2.05, 4.69) is 0 Å². The number of rotatable bonds is 2. The minimum Gasteiger partial charge on any atom is -0.467 e. The molecule has 3 heteroatoms. The van der Waals surface area contributed by atoms with Crippen molar-refractivity contribution in [1.82, 2.24) is 0 Å². The molecule has 2 nitrogen and oxygen atoms in total. The van der Waals surface area contributed by atoms with Gasteiger partial charge in [0, 0.05) is 5.02 Å². The fourth-order valence-corrected chi connectivity index (χ4v) is 1.65. The molecule has 0 saturated carbocycles. The van der Waals surface area contributed by atoms with Crippen molar-refractivity contribution >= 4 is 11.6 Å². The summed E-state index contributed by atoms with van der Waals surface area (Å²) in [6.07, 6.45) is 1.65. The number of hydrogen-bond acceptors (Lipinski definition) is 2. The highest BCUT2D eigenvalue weighted by molar-refractivity contribution is 6.30. The second-order valence-electron chi connectivity index (χ2n) is 3.50. The molecule has 0 saturated heterocycles. The summed E-state index contributed by atoms with van der Waals surface area (Å²) in [5, 5.41) is 0.710. The lowest BCUT2D eigenvalue weighted by Crippen LogP contribution is -2.11. The van der Waals surface area contributed by atoms with Crippen molar-refractivity contribution in [3.05, 3.63) is 58.5 Å². The lowest BCUT2D eigenvalue weighted by atomic mass is 10.0. The van der Waals surface area contributed by atoms with Crippen LogP contribution in [0.4, 0.5) is 0 Å². The first-order valence-electron chi connectivity index (χ1n) is 4.73. The second kappa shape index (κ2) is 4.09. The number of halogens is 1. The molecule has 0 aliphatic rings. The minimum absolute atomic E-state index is 0.225. The van der Waals surface area contributed by atoms with Crippen molar-refractivity contribution in [2.45, 2.75) is 13.0 Å². The van der Waals surface area contributed by atoms with Gasteiger partial charge in [-0.05, 0) is 36.2 Å². The third-order valence-electron chi connectivity index (χ3n) is 2.41. The van der Waals surface area contributed by atoms with Crippen LogP contribution in [-0.4, -0.2) is 0 Å². The van der Waals surface area contributed by atoms with E-state index in [0.717, 1.165) is 16.9 Å². The molecule has 0 aliphatic heterocycles. The first-order chi connectivity index (χ1) is 7.18. The van der Waals surface area contributed by atoms with Crippen LogP contribution in [0.2, 0.25) is 5.02 Å². The zero-order chi connectivity index (χ0) is 10.8. The third kappa shape index (κ3) is 2.06. The molecule has 2 rings (SSSR count). The first kappa shape index (κ1) is 10.3. The summed E-state index contributed by atoms with van der Waals surface area (Å²) in [4.78, 5) is 0. The number of hydrogen-bond donors (Lipinski definition) is 1. The number of nitrogens with two attached hydrogens (primary N) is 1. The Morgan fingerprint density at radius 1 is 1.20 bits per heavy atom. The summed E-state index contributed by atoms with van der Waals surface area (Å²) in [7, 11) is 0. The molecule has 0 aliphatic carbocycles. The standard InChI is InChI=1S/C12H12ClNO/c1-8-6-7-15-12(8)11(14)9-2-4-10(13)5-3-9/h2-7,11H,14H2,1H3. The normalized spacial score (nSPS) is 12.7. The maximum atomic E-state index is 6.07. The summed E-state index contributed by atoms with van der Waals surface area (Å²) < 4.78 is 5.35. The molecule has 0 bridgehead atoms. The van der Waals surface area contributed by atoms with Gasteiger partial charge in [-0.3, -0.25) is 0 Å². The Labute approximate surface area is 93.7 Å². The fourth-order valence-electron chi connectivity index (χ4n) is 1.52. The van der Waals surface area contributed by atoms with Gasteiger partial charge in [-0.25, -0.2) is 0 Å². The number of aryl methyl sites for hydroxylation is 1. The van der Waals surface area contributed by atoms with Crippen LogP contribution >= 0.6 is 11.6 Å². The van der Waals surface area contributed by atoms with E-state index in [-0.39, 0.29) is 6.04 Å². The van der Waals surface area contributed by atoms with E-state index in [1.807, 2.05) is 37.3 Å². The molecule has 2 N–H and O–H groups in total. The summed E-state index contributed by atoms with van der Waals surface area (Å²) in [6, 6.07) is 9.16. The van der Waals surface area contributed by atoms with Gasteiger partial charge >= 0.3 is 0 Å². The predicted octanol–water partition coefficient (Wildman–Crippen LogP) is 3.29. The molecule has 0 fully saturated rings. The predicted molar refractivity (Wildman–Crippen MR) is 60.9 cm³/mol. The molecule has 1 heterocycles. The molecule has 0 amide bonds. The van der Waals surface area contributed by atoms with Gasteiger partial charge in [0.25, 0.3) is 0 Å². The van der Waals surface area contributed by atoms with Crippen molar-refractivity contribution in [3.63, 3.8) is 0 Å². The zero-order valence-electron chi connectivity index (χ0n) is 8.41. The molecule has 0 spiro atoms. The Morgan fingerprint density at radius 3 is 2.40 bits per heavy atom. The quantitative estimate of drug-likeness (QED) is 0.845. The Kier molecular flexibility index (Phi) is 2.80. The second-order valence-corrected chi connectivity index (χ2v) is 3.93. The number of furan rings is 1. The largest absolute Gasteiger partial charge is 0.467 e. The molecule has 2 aromatic rings. The van der Waals surface area contributed by atoms with Gasteiger partial charge < -0.3 is 10.2 Å². The fraction of sp³-hybridized carbons (Fsp3) is 0.167. The average molecular weight is 222 g/mol. The summed E-state index contributed by atoms with van der Waals surface area (Å²) >= 11 is 5.81. The van der Waals surface area contributed by atoms with Crippen LogP contribution in [0.15, 0.2) is 41.0 Å². The van der Waals surface area contributed by atoms with Gasteiger partial charge in [0.1, 0.15) is 5.76 Å². The van der Waals surface area contributed by atoms with Crippen LogP contribution in [0, 0.1) is 6.92 Å². The maximum absolute atomic E-state index is 6.07. The van der Waals surface area contributed by atoms with E-state index in [4.69, 9.17) is 21.8 Å². The summed E-state index contributed by atoms with van der Waals surface area (Å²) in [6.45, 7) is 1.98. The van der Waals surface area contributed by atoms with E-state index in [0.29, 0.717) is 5.02 Å². The van der Waals surface area contributed by atoms with Crippen molar-refractivity contribution in [2.24, 2.45) is 5.73 Å². The lowest BCUT2D eigenvalue weighted by molar-refractivity contribution is 0.487. The zero-order valence-corrected chi connectivity index (χ0v) is 9.16. The smallest absolute Gasteiger partial charge is 0.127 e. The highest BCUT2D eigenvalue weighted by Crippen LogP contribution is 2.24. The van der Waals surface area contributed by atoms with Crippen molar-refractivity contribution < 1.29 is 4.42 Å². The summed E-state index contributed by atoms with van der Waals surface area (Å²) in [5.74, 6) is 0.803. The Morgan fingerprint density at radius 2 is 1.87 bits per heavy atom. The lowest BCUT2D eigenvalue weighted by Gasteiger charge is -2.10. The van der Waals surface area contributed by atoms with E-state index < -0.39 is 0 Å². The van der Waals surface area contributed by atoms with Crippen molar-refractivity contribution in [1.29, 1.82) is 0 Å². The van der Waals surface area contributed by atoms with Crippen LogP contribution in [-0.2, 0) is 0 Å². The van der Waals surface area contributed by atoms with Crippen molar-refractivity contribution in [2.75, 3.05) is 0 Å². The molecule has 1 atom stereocenters. The Hall–Kier alpha value is -1.25. The maximum Gasteiger partial charge on any atom is 0.127 e. The van der Waals surface area contributed by atoms with Gasteiger partial charge in [0.2, 0.25) is 0 Å². The summed E-state index contributed by atoms with van der Waals surface area (Å²) in [5.41, 5.74) is 8.14. The molecular formula is C12H12ClNO. The van der Waals surface area contributed by atoms with E-state index in [1.165, 1.54) is 0 Å². The molecule has 1 aromatic heterocycles. The molecular weight excluding hydrogens is 210 g/mol. The van der Waals surface area contributed by atoms with Crippen LogP contribution in [0.1, 0.15) is 22.9 Å². The van der Waals surface area contributed by atoms with Gasteiger partial charge in [-0.2, -0.15) is 0 Å². The van der Waals surface area contributed by atoms with Crippen LogP contribution < -0.4 is 5.73 Å². The van der Waals surface area contributed by atoms with E-state index in [1.54, 1.807) is 6.26 Å². The average Bonchev–Trinajstić information content (AvgIpc) is 2.65. The highest BCUT2D eigenvalue weighted by atomic mass is 35.5. The highest BCUT2D eigenvalue weighted by Gasteiger charge is 2.14. The molecule has 15 heavy (non-hydrogen) atoms. The molecule has 78 valence electrons. The van der Waals surface area contributed by atoms with Crippen molar-refractivity contribution in [3.8, 4) is 0 Å². The van der Waals surface area contributed by atoms with E-state index in [9.17, 15) is 0 Å². The molecule has 0 radical (unpaired) electrons. The van der Waals surface area contributed by atoms with Crippen LogP contribution in [0.5, 0.6) is 0 Å².